The van der Waals surface area contributed by atoms with E-state index in [0.29, 0.717) is 12.5 Å². The Balaban J connectivity index is 2.36. The average molecular weight is 246 g/mol. The van der Waals surface area contributed by atoms with Gasteiger partial charge in [-0.3, -0.25) is 9.69 Å². The van der Waals surface area contributed by atoms with Gasteiger partial charge in [0.1, 0.15) is 0 Å². The molecule has 2 aromatic rings. The third-order valence-corrected chi connectivity index (χ3v) is 2.82. The fourth-order valence-electron chi connectivity index (χ4n) is 2.00. The lowest BCUT2D eigenvalue weighted by Crippen LogP contribution is -2.36. The molecular formula is C13H18N4O. The van der Waals surface area contributed by atoms with Gasteiger partial charge in [-0.15, -0.1) is 0 Å². The number of hydrogen-bond acceptors (Lipinski definition) is 3. The maximum absolute atomic E-state index is 12.3. The lowest BCUT2D eigenvalue weighted by atomic mass is 10.3. The van der Waals surface area contributed by atoms with E-state index < -0.39 is 0 Å². The number of carbonyl (C=O) groups is 1. The van der Waals surface area contributed by atoms with Gasteiger partial charge >= 0.3 is 0 Å². The Morgan fingerprint density at radius 2 is 1.94 bits per heavy atom. The van der Waals surface area contributed by atoms with Crippen LogP contribution >= 0.6 is 0 Å². The van der Waals surface area contributed by atoms with Gasteiger partial charge in [0.05, 0.1) is 17.7 Å². The number of benzene rings is 1. The highest BCUT2D eigenvalue weighted by molar-refractivity contribution is 5.94. The van der Waals surface area contributed by atoms with Crippen LogP contribution in [0.15, 0.2) is 24.3 Å². The van der Waals surface area contributed by atoms with E-state index in [1.165, 1.54) is 0 Å². The lowest BCUT2D eigenvalue weighted by molar-refractivity contribution is 0.0714. The second-order valence-corrected chi connectivity index (χ2v) is 4.71. The summed E-state index contributed by atoms with van der Waals surface area (Å²) in [6.45, 7) is 0.571. The number of hydrogen-bond donors (Lipinski definition) is 0. The smallest absolute Gasteiger partial charge is 0.290 e. The van der Waals surface area contributed by atoms with E-state index >= 15 is 0 Å². The van der Waals surface area contributed by atoms with Gasteiger partial charge in [-0.05, 0) is 26.2 Å². The van der Waals surface area contributed by atoms with Gasteiger partial charge in [0, 0.05) is 14.1 Å². The van der Waals surface area contributed by atoms with Crippen LogP contribution in [-0.4, -0.2) is 53.1 Å². The van der Waals surface area contributed by atoms with E-state index in [2.05, 4.69) is 4.98 Å². The molecule has 5 heteroatoms. The highest BCUT2D eigenvalue weighted by atomic mass is 16.2. The number of imidazole rings is 1. The molecule has 96 valence electrons. The summed E-state index contributed by atoms with van der Waals surface area (Å²) in [6.07, 6.45) is 0. The van der Waals surface area contributed by atoms with Crippen molar-refractivity contribution in [2.24, 2.45) is 7.05 Å². The van der Waals surface area contributed by atoms with Crippen LogP contribution in [0.1, 0.15) is 10.6 Å². The molecule has 1 heterocycles. The van der Waals surface area contributed by atoms with Crippen LogP contribution in [0.5, 0.6) is 0 Å². The molecule has 0 saturated carbocycles. The summed E-state index contributed by atoms with van der Waals surface area (Å²) in [6, 6.07) is 7.75. The van der Waals surface area contributed by atoms with Crippen LogP contribution in [0.4, 0.5) is 0 Å². The number of fused-ring (bicyclic) bond motifs is 1. The molecule has 0 bridgehead atoms. The average Bonchev–Trinajstić information content (AvgIpc) is 2.66. The van der Waals surface area contributed by atoms with Gasteiger partial charge in [-0.25, -0.2) is 4.98 Å². The van der Waals surface area contributed by atoms with Crippen molar-refractivity contribution in [3.8, 4) is 0 Å². The van der Waals surface area contributed by atoms with Crippen LogP contribution in [-0.2, 0) is 7.05 Å². The minimum atomic E-state index is -0.0672. The number of para-hydroxylation sites is 2. The van der Waals surface area contributed by atoms with Crippen molar-refractivity contribution in [3.63, 3.8) is 0 Å². The van der Waals surface area contributed by atoms with Crippen LogP contribution in [0.25, 0.3) is 11.0 Å². The van der Waals surface area contributed by atoms with Crippen LogP contribution < -0.4 is 0 Å². The molecule has 2 rings (SSSR count). The van der Waals surface area contributed by atoms with Crippen molar-refractivity contribution >= 4 is 16.9 Å². The Labute approximate surface area is 107 Å². The largest absolute Gasteiger partial charge is 0.326 e. The van der Waals surface area contributed by atoms with Gasteiger partial charge in [0.25, 0.3) is 5.91 Å². The van der Waals surface area contributed by atoms with E-state index in [4.69, 9.17) is 0 Å². The Hall–Kier alpha value is -1.88. The minimum Gasteiger partial charge on any atom is -0.326 e. The van der Waals surface area contributed by atoms with Gasteiger partial charge < -0.3 is 9.47 Å². The molecule has 5 nitrogen and oxygen atoms in total. The zero-order valence-electron chi connectivity index (χ0n) is 11.2. The third-order valence-electron chi connectivity index (χ3n) is 2.82. The van der Waals surface area contributed by atoms with E-state index in [1.54, 1.807) is 11.9 Å². The maximum Gasteiger partial charge on any atom is 0.290 e. The molecule has 0 fully saturated rings. The Bertz CT molecular complexity index is 573. The monoisotopic (exact) mass is 246 g/mol. The molecule has 0 unspecified atom stereocenters. The molecule has 0 aliphatic heterocycles. The summed E-state index contributed by atoms with van der Waals surface area (Å²) in [4.78, 5) is 20.3. The Morgan fingerprint density at radius 3 is 2.56 bits per heavy atom. The van der Waals surface area contributed by atoms with Crippen LogP contribution in [0.3, 0.4) is 0 Å². The Kier molecular flexibility index (Phi) is 3.34. The molecule has 0 spiro atoms. The first-order valence-electron chi connectivity index (χ1n) is 5.82. The molecule has 1 aromatic carbocycles. The maximum atomic E-state index is 12.3. The van der Waals surface area contributed by atoms with Gasteiger partial charge in [0.2, 0.25) is 0 Å². The summed E-state index contributed by atoms with van der Waals surface area (Å²) in [5.74, 6) is 0.406. The zero-order valence-corrected chi connectivity index (χ0v) is 11.2. The summed E-state index contributed by atoms with van der Waals surface area (Å²) in [5, 5.41) is 0. The highest BCUT2D eigenvalue weighted by Gasteiger charge is 2.19. The summed E-state index contributed by atoms with van der Waals surface area (Å²) in [7, 11) is 7.51. The summed E-state index contributed by atoms with van der Waals surface area (Å²) in [5.41, 5.74) is 1.82. The van der Waals surface area contributed by atoms with E-state index in [1.807, 2.05) is 54.9 Å². The predicted octanol–water partition coefficient (Wildman–Crippen LogP) is 1.16. The normalized spacial score (nSPS) is 11.2. The molecule has 1 aromatic heterocycles. The summed E-state index contributed by atoms with van der Waals surface area (Å²) >= 11 is 0. The van der Waals surface area contributed by atoms with E-state index in [0.717, 1.165) is 11.0 Å². The van der Waals surface area contributed by atoms with Crippen LogP contribution in [0, 0.1) is 0 Å². The van der Waals surface area contributed by atoms with Crippen molar-refractivity contribution in [2.75, 3.05) is 27.8 Å². The third kappa shape index (κ3) is 2.22. The number of aryl methyl sites for hydroxylation is 1. The molecule has 0 aliphatic carbocycles. The lowest BCUT2D eigenvalue weighted by Gasteiger charge is -2.20. The van der Waals surface area contributed by atoms with Crippen molar-refractivity contribution in [1.29, 1.82) is 0 Å². The second kappa shape index (κ2) is 4.78. The van der Waals surface area contributed by atoms with E-state index in [-0.39, 0.29) is 5.91 Å². The molecule has 0 saturated heterocycles. The van der Waals surface area contributed by atoms with E-state index in [9.17, 15) is 4.79 Å². The fraction of sp³-hybridized carbons (Fsp3) is 0.385. The highest BCUT2D eigenvalue weighted by Crippen LogP contribution is 2.15. The second-order valence-electron chi connectivity index (χ2n) is 4.71. The number of nitrogens with zero attached hydrogens (tertiary/aromatic N) is 4. The van der Waals surface area contributed by atoms with Crippen molar-refractivity contribution < 1.29 is 4.79 Å². The number of rotatable bonds is 3. The Morgan fingerprint density at radius 1 is 1.28 bits per heavy atom. The topological polar surface area (TPSA) is 41.4 Å². The molecule has 1 amide bonds. The first-order valence-corrected chi connectivity index (χ1v) is 5.82. The number of carbonyl (C=O) groups excluding carboxylic acids is 1. The number of aromatic nitrogens is 2. The van der Waals surface area contributed by atoms with Crippen LogP contribution in [0.2, 0.25) is 0 Å². The quantitative estimate of drug-likeness (QED) is 0.763. The zero-order chi connectivity index (χ0) is 13.3. The SMILES string of the molecule is CN(C)CN(C)C(=O)c1nc2ccccc2n1C. The van der Waals surface area contributed by atoms with Crippen molar-refractivity contribution in [3.05, 3.63) is 30.1 Å². The number of amides is 1. The molecule has 0 atom stereocenters. The van der Waals surface area contributed by atoms with Crippen molar-refractivity contribution in [2.45, 2.75) is 0 Å². The fourth-order valence-corrected chi connectivity index (χ4v) is 2.00. The van der Waals surface area contributed by atoms with Gasteiger partial charge in [-0.1, -0.05) is 12.1 Å². The first-order chi connectivity index (χ1) is 8.50. The minimum absolute atomic E-state index is 0.0672. The molecule has 0 radical (unpaired) electrons. The van der Waals surface area contributed by atoms with Gasteiger partial charge in [-0.2, -0.15) is 0 Å². The summed E-state index contributed by atoms with van der Waals surface area (Å²) < 4.78 is 1.84. The predicted molar refractivity (Wildman–Crippen MR) is 71.4 cm³/mol. The molecule has 0 N–H and O–H groups in total. The van der Waals surface area contributed by atoms with Crippen molar-refractivity contribution in [1.82, 2.24) is 19.4 Å². The standard InChI is InChI=1S/C13H18N4O/c1-15(2)9-16(3)13(18)12-14-10-7-5-6-8-11(10)17(12)4/h5-8H,9H2,1-4H3. The molecular weight excluding hydrogens is 228 g/mol. The first kappa shape index (κ1) is 12.6. The molecule has 0 aliphatic rings. The molecule has 18 heavy (non-hydrogen) atoms. The van der Waals surface area contributed by atoms with Gasteiger partial charge in [0.15, 0.2) is 5.82 Å².